The number of aromatic amines is 1. The molecule has 0 unspecified atom stereocenters. The predicted molar refractivity (Wildman–Crippen MR) is 108 cm³/mol. The lowest BCUT2D eigenvalue weighted by Crippen LogP contribution is -2.08. The first-order chi connectivity index (χ1) is 13.6. The lowest BCUT2D eigenvalue weighted by Gasteiger charge is -2.14. The third-order valence-corrected chi connectivity index (χ3v) is 4.67. The van der Waals surface area contributed by atoms with Gasteiger partial charge in [0.25, 0.3) is 0 Å². The molecule has 28 heavy (non-hydrogen) atoms. The molecule has 6 heteroatoms. The van der Waals surface area contributed by atoms with E-state index in [1.54, 1.807) is 36.9 Å². The zero-order valence-electron chi connectivity index (χ0n) is 15.5. The number of nitrogens with one attached hydrogen (secondary N) is 1. The maximum atomic E-state index is 12.9. The number of anilines is 1. The van der Waals surface area contributed by atoms with Crippen molar-refractivity contribution in [3.63, 3.8) is 0 Å². The van der Waals surface area contributed by atoms with Crippen LogP contribution in [0.15, 0.2) is 61.2 Å². The number of carbonyl (C=O) groups excluding carboxylic acids is 1. The first-order valence-corrected chi connectivity index (χ1v) is 8.72. The molecule has 4 rings (SSSR count). The number of fused-ring (bicyclic) bond motifs is 1. The van der Waals surface area contributed by atoms with Crippen molar-refractivity contribution in [1.29, 1.82) is 5.26 Å². The van der Waals surface area contributed by atoms with Crippen LogP contribution >= 0.6 is 0 Å². The highest BCUT2D eigenvalue weighted by atomic mass is 16.1. The second-order valence-electron chi connectivity index (χ2n) is 6.62. The summed E-state index contributed by atoms with van der Waals surface area (Å²) in [7, 11) is 3.86. The van der Waals surface area contributed by atoms with E-state index in [9.17, 15) is 10.1 Å². The highest BCUT2D eigenvalue weighted by Crippen LogP contribution is 2.30. The Morgan fingerprint density at radius 2 is 1.93 bits per heavy atom. The molecule has 0 saturated heterocycles. The first-order valence-electron chi connectivity index (χ1n) is 8.72. The van der Waals surface area contributed by atoms with Gasteiger partial charge in [0.15, 0.2) is 5.78 Å². The van der Waals surface area contributed by atoms with Gasteiger partial charge < -0.3 is 9.88 Å². The fourth-order valence-electron chi connectivity index (χ4n) is 3.15. The molecule has 3 aromatic heterocycles. The Morgan fingerprint density at radius 1 is 1.14 bits per heavy atom. The van der Waals surface area contributed by atoms with Crippen LogP contribution < -0.4 is 4.90 Å². The lowest BCUT2D eigenvalue weighted by molar-refractivity contribution is 0.104. The van der Waals surface area contributed by atoms with Gasteiger partial charge in [-0.05, 0) is 30.3 Å². The van der Waals surface area contributed by atoms with Gasteiger partial charge in [0.2, 0.25) is 0 Å². The van der Waals surface area contributed by atoms with E-state index in [2.05, 4.69) is 21.0 Å². The van der Waals surface area contributed by atoms with Crippen LogP contribution in [0.5, 0.6) is 0 Å². The molecule has 0 bridgehead atoms. The minimum atomic E-state index is -0.101. The predicted octanol–water partition coefficient (Wildman–Crippen LogP) is 3.79. The SMILES string of the molecule is CN(C)c1ccc(-c2cnc3[nH]cc(C(=O)c4ccncc4)c3c2)c(C#N)c1. The molecule has 4 aromatic rings. The van der Waals surface area contributed by atoms with Gasteiger partial charge in [0.1, 0.15) is 5.65 Å². The van der Waals surface area contributed by atoms with E-state index in [1.165, 1.54) is 0 Å². The largest absolute Gasteiger partial charge is 0.378 e. The molecular formula is C22H17N5O. The number of hydrogen-bond acceptors (Lipinski definition) is 5. The number of benzene rings is 1. The molecular weight excluding hydrogens is 350 g/mol. The molecule has 136 valence electrons. The number of hydrogen-bond donors (Lipinski definition) is 1. The fourth-order valence-corrected chi connectivity index (χ4v) is 3.15. The Kier molecular flexibility index (Phi) is 4.34. The maximum absolute atomic E-state index is 12.9. The van der Waals surface area contributed by atoms with E-state index in [1.807, 2.05) is 43.3 Å². The molecule has 0 saturated carbocycles. The van der Waals surface area contributed by atoms with Crippen molar-refractivity contribution in [2.75, 3.05) is 19.0 Å². The summed E-state index contributed by atoms with van der Waals surface area (Å²) in [4.78, 5) is 26.3. The summed E-state index contributed by atoms with van der Waals surface area (Å²) in [5.74, 6) is -0.101. The molecule has 1 N–H and O–H groups in total. The molecule has 3 heterocycles. The Morgan fingerprint density at radius 3 is 2.64 bits per heavy atom. The molecule has 0 fully saturated rings. The number of nitrogens with zero attached hydrogens (tertiary/aromatic N) is 4. The average Bonchev–Trinajstić information content (AvgIpc) is 3.16. The highest BCUT2D eigenvalue weighted by molar-refractivity contribution is 6.16. The van der Waals surface area contributed by atoms with Gasteiger partial charge in [-0.25, -0.2) is 4.98 Å². The van der Waals surface area contributed by atoms with Crippen molar-refractivity contribution < 1.29 is 4.79 Å². The van der Waals surface area contributed by atoms with Crippen molar-refractivity contribution in [3.8, 4) is 17.2 Å². The molecule has 0 radical (unpaired) electrons. The van der Waals surface area contributed by atoms with Gasteiger partial charge in [0, 0.05) is 72.2 Å². The third-order valence-electron chi connectivity index (χ3n) is 4.67. The number of pyridine rings is 2. The summed E-state index contributed by atoms with van der Waals surface area (Å²) >= 11 is 0. The third kappa shape index (κ3) is 2.99. The molecule has 0 aliphatic rings. The summed E-state index contributed by atoms with van der Waals surface area (Å²) in [6, 6.07) is 13.2. The van der Waals surface area contributed by atoms with Crippen molar-refractivity contribution in [2.45, 2.75) is 0 Å². The van der Waals surface area contributed by atoms with Gasteiger partial charge in [-0.2, -0.15) is 5.26 Å². The van der Waals surface area contributed by atoms with Gasteiger partial charge in [-0.3, -0.25) is 9.78 Å². The minimum absolute atomic E-state index is 0.101. The Balaban J connectivity index is 1.83. The minimum Gasteiger partial charge on any atom is -0.378 e. The van der Waals surface area contributed by atoms with Crippen molar-refractivity contribution in [2.24, 2.45) is 0 Å². The summed E-state index contributed by atoms with van der Waals surface area (Å²) in [5, 5.41) is 10.3. The van der Waals surface area contributed by atoms with E-state index >= 15 is 0 Å². The quantitative estimate of drug-likeness (QED) is 0.555. The summed E-state index contributed by atoms with van der Waals surface area (Å²) in [6.07, 6.45) is 6.57. The van der Waals surface area contributed by atoms with Crippen LogP contribution in [-0.4, -0.2) is 34.8 Å². The van der Waals surface area contributed by atoms with E-state index in [-0.39, 0.29) is 5.78 Å². The number of carbonyl (C=O) groups is 1. The maximum Gasteiger partial charge on any atom is 0.195 e. The van der Waals surface area contributed by atoms with E-state index in [0.717, 1.165) is 22.2 Å². The number of aromatic nitrogens is 3. The highest BCUT2D eigenvalue weighted by Gasteiger charge is 2.16. The lowest BCUT2D eigenvalue weighted by atomic mass is 9.98. The second kappa shape index (κ2) is 6.97. The van der Waals surface area contributed by atoms with Crippen LogP contribution in [-0.2, 0) is 0 Å². The van der Waals surface area contributed by atoms with Gasteiger partial charge in [-0.1, -0.05) is 6.07 Å². The molecule has 0 spiro atoms. The summed E-state index contributed by atoms with van der Waals surface area (Å²) in [6.45, 7) is 0. The van der Waals surface area contributed by atoms with Crippen molar-refractivity contribution in [1.82, 2.24) is 15.0 Å². The van der Waals surface area contributed by atoms with E-state index < -0.39 is 0 Å². The molecule has 0 amide bonds. The Bertz CT molecular complexity index is 1220. The second-order valence-corrected chi connectivity index (χ2v) is 6.62. The smallest absolute Gasteiger partial charge is 0.195 e. The monoisotopic (exact) mass is 367 g/mol. The molecule has 0 aliphatic heterocycles. The molecule has 0 aliphatic carbocycles. The topological polar surface area (TPSA) is 85.7 Å². The van der Waals surface area contributed by atoms with Gasteiger partial charge in [0.05, 0.1) is 11.6 Å². The summed E-state index contributed by atoms with van der Waals surface area (Å²) < 4.78 is 0. The van der Waals surface area contributed by atoms with Crippen LogP contribution in [0.1, 0.15) is 21.5 Å². The Hall–Kier alpha value is -3.98. The average molecular weight is 367 g/mol. The normalized spacial score (nSPS) is 10.6. The van der Waals surface area contributed by atoms with Crippen LogP contribution in [0.25, 0.3) is 22.2 Å². The molecule has 0 atom stereocenters. The number of nitriles is 1. The van der Waals surface area contributed by atoms with Crippen LogP contribution in [0, 0.1) is 11.3 Å². The number of ketones is 1. The number of rotatable bonds is 4. The van der Waals surface area contributed by atoms with Crippen LogP contribution in [0.2, 0.25) is 0 Å². The van der Waals surface area contributed by atoms with Crippen molar-refractivity contribution >= 4 is 22.5 Å². The van der Waals surface area contributed by atoms with Crippen LogP contribution in [0.4, 0.5) is 5.69 Å². The van der Waals surface area contributed by atoms with E-state index in [0.29, 0.717) is 22.3 Å². The van der Waals surface area contributed by atoms with Crippen LogP contribution in [0.3, 0.4) is 0 Å². The van der Waals surface area contributed by atoms with Gasteiger partial charge >= 0.3 is 0 Å². The van der Waals surface area contributed by atoms with E-state index in [4.69, 9.17) is 0 Å². The Labute approximate surface area is 162 Å². The zero-order valence-corrected chi connectivity index (χ0v) is 15.5. The summed E-state index contributed by atoms with van der Waals surface area (Å²) in [5.41, 5.74) is 4.82. The zero-order chi connectivity index (χ0) is 19.7. The standard InChI is InChI=1S/C22H17N5O/c1-27(2)17-3-4-18(15(9-17)11-23)16-10-19-20(13-26-22(19)25-12-16)21(28)14-5-7-24-8-6-14/h3-10,12-13H,1-2H3,(H,25,26). The number of H-pyrrole nitrogens is 1. The van der Waals surface area contributed by atoms with Crippen molar-refractivity contribution in [3.05, 3.63) is 77.9 Å². The molecule has 6 nitrogen and oxygen atoms in total. The first kappa shape index (κ1) is 17.4. The fraction of sp³-hybridized carbons (Fsp3) is 0.0909. The molecule has 1 aromatic carbocycles. The van der Waals surface area contributed by atoms with Gasteiger partial charge in [-0.15, -0.1) is 0 Å².